The molecule has 2 aliphatic heterocycles. The SMILES string of the molecule is CCc1ccc(N2C=C(C(=O)N3CCOCC3)S(=O)(=O)c3ccccc32)cc1. The summed E-state index contributed by atoms with van der Waals surface area (Å²) in [5.74, 6) is -0.479. The number of sulfone groups is 1. The van der Waals surface area contributed by atoms with Crippen molar-refractivity contribution in [3.05, 3.63) is 65.2 Å². The quantitative estimate of drug-likeness (QED) is 0.795. The highest BCUT2D eigenvalue weighted by Gasteiger charge is 2.37. The van der Waals surface area contributed by atoms with Crippen LogP contribution in [0.4, 0.5) is 11.4 Å². The Kier molecular flexibility index (Phi) is 4.95. The molecule has 6 nitrogen and oxygen atoms in total. The summed E-state index contributed by atoms with van der Waals surface area (Å²) in [7, 11) is -3.90. The lowest BCUT2D eigenvalue weighted by Gasteiger charge is -2.32. The van der Waals surface area contributed by atoms with E-state index in [0.29, 0.717) is 32.0 Å². The number of carbonyl (C=O) groups excluding carboxylic acids is 1. The van der Waals surface area contributed by atoms with E-state index in [1.165, 1.54) is 11.8 Å². The molecule has 2 aromatic rings. The van der Waals surface area contributed by atoms with E-state index in [9.17, 15) is 13.2 Å². The highest BCUT2D eigenvalue weighted by atomic mass is 32.2. The van der Waals surface area contributed by atoms with Gasteiger partial charge >= 0.3 is 0 Å². The molecule has 2 aromatic carbocycles. The number of morpholine rings is 1. The summed E-state index contributed by atoms with van der Waals surface area (Å²) in [6.07, 6.45) is 2.37. The number of para-hydroxylation sites is 1. The molecular formula is C21H22N2O4S. The van der Waals surface area contributed by atoms with Crippen molar-refractivity contribution in [1.82, 2.24) is 4.90 Å². The first kappa shape index (κ1) is 18.7. The second kappa shape index (κ2) is 7.41. The van der Waals surface area contributed by atoms with Crippen molar-refractivity contribution in [2.45, 2.75) is 18.2 Å². The number of nitrogens with zero attached hydrogens (tertiary/aromatic N) is 2. The summed E-state index contributed by atoms with van der Waals surface area (Å²) in [6.45, 7) is 3.68. The van der Waals surface area contributed by atoms with Gasteiger partial charge < -0.3 is 14.5 Å². The van der Waals surface area contributed by atoms with Crippen LogP contribution in [0.25, 0.3) is 0 Å². The van der Waals surface area contributed by atoms with Crippen LogP contribution in [0, 0.1) is 0 Å². The molecule has 146 valence electrons. The van der Waals surface area contributed by atoms with Crippen LogP contribution in [0.15, 0.2) is 64.5 Å². The number of amides is 1. The van der Waals surface area contributed by atoms with E-state index in [1.54, 1.807) is 34.1 Å². The number of carbonyl (C=O) groups is 1. The van der Waals surface area contributed by atoms with E-state index in [1.807, 2.05) is 24.3 Å². The molecule has 0 aliphatic carbocycles. The Bertz CT molecular complexity index is 1020. The minimum atomic E-state index is -3.90. The Morgan fingerprint density at radius 2 is 1.71 bits per heavy atom. The summed E-state index contributed by atoms with van der Waals surface area (Å²) in [5, 5.41) is 0. The van der Waals surface area contributed by atoms with E-state index < -0.39 is 15.7 Å². The van der Waals surface area contributed by atoms with Gasteiger partial charge in [-0.25, -0.2) is 8.42 Å². The number of benzene rings is 2. The van der Waals surface area contributed by atoms with Gasteiger partial charge in [0.25, 0.3) is 5.91 Å². The predicted molar refractivity (Wildman–Crippen MR) is 107 cm³/mol. The average Bonchev–Trinajstić information content (AvgIpc) is 2.74. The topological polar surface area (TPSA) is 66.9 Å². The maximum atomic E-state index is 13.2. The van der Waals surface area contributed by atoms with Crippen molar-refractivity contribution in [2.75, 3.05) is 31.2 Å². The summed E-state index contributed by atoms with van der Waals surface area (Å²) < 4.78 is 31.7. The van der Waals surface area contributed by atoms with Crippen molar-refractivity contribution >= 4 is 27.1 Å². The minimum absolute atomic E-state index is 0.147. The van der Waals surface area contributed by atoms with Gasteiger partial charge in [0.2, 0.25) is 9.84 Å². The van der Waals surface area contributed by atoms with Crippen molar-refractivity contribution in [3.63, 3.8) is 0 Å². The van der Waals surface area contributed by atoms with Crippen molar-refractivity contribution in [2.24, 2.45) is 0 Å². The molecule has 1 fully saturated rings. The van der Waals surface area contributed by atoms with Gasteiger partial charge in [0.05, 0.1) is 23.8 Å². The second-order valence-electron chi connectivity index (χ2n) is 6.76. The Balaban J connectivity index is 1.82. The molecule has 28 heavy (non-hydrogen) atoms. The number of fused-ring (bicyclic) bond motifs is 1. The van der Waals surface area contributed by atoms with Crippen LogP contribution in [0.3, 0.4) is 0 Å². The monoisotopic (exact) mass is 398 g/mol. The predicted octanol–water partition coefficient (Wildman–Crippen LogP) is 2.87. The fraction of sp³-hybridized carbons (Fsp3) is 0.286. The van der Waals surface area contributed by atoms with E-state index in [-0.39, 0.29) is 9.80 Å². The zero-order chi connectivity index (χ0) is 19.7. The Labute approximate surface area is 164 Å². The van der Waals surface area contributed by atoms with Crippen LogP contribution in [-0.2, 0) is 25.8 Å². The van der Waals surface area contributed by atoms with Crippen LogP contribution < -0.4 is 4.90 Å². The smallest absolute Gasteiger partial charge is 0.267 e. The molecule has 0 saturated carbocycles. The standard InChI is InChI=1S/C21H22N2O4S/c1-2-16-7-9-17(10-8-16)23-15-20(21(24)22-11-13-27-14-12-22)28(25,26)19-6-4-3-5-18(19)23/h3-10,15H,2,11-14H2,1H3. The average molecular weight is 398 g/mol. The molecule has 0 radical (unpaired) electrons. The molecule has 0 N–H and O–H groups in total. The number of rotatable bonds is 3. The van der Waals surface area contributed by atoms with Gasteiger partial charge in [-0.3, -0.25) is 4.79 Å². The van der Waals surface area contributed by atoms with Crippen LogP contribution in [0.5, 0.6) is 0 Å². The number of anilines is 2. The van der Waals surface area contributed by atoms with Gasteiger partial charge in [0.15, 0.2) is 4.91 Å². The number of aryl methyl sites for hydroxylation is 1. The summed E-state index contributed by atoms with van der Waals surface area (Å²) >= 11 is 0. The van der Waals surface area contributed by atoms with Crippen LogP contribution in [0.1, 0.15) is 12.5 Å². The zero-order valence-corrected chi connectivity index (χ0v) is 16.5. The third-order valence-corrected chi connectivity index (χ3v) is 6.87. The molecule has 2 aliphatic rings. The summed E-state index contributed by atoms with van der Waals surface area (Å²) in [5.41, 5.74) is 2.55. The molecule has 1 amide bonds. The first-order valence-corrected chi connectivity index (χ1v) is 10.8. The lowest BCUT2D eigenvalue weighted by atomic mass is 10.1. The maximum absolute atomic E-state index is 13.2. The fourth-order valence-corrected chi connectivity index (χ4v) is 5.00. The number of hydrogen-bond acceptors (Lipinski definition) is 5. The summed E-state index contributed by atoms with van der Waals surface area (Å²) in [4.78, 5) is 16.3. The molecule has 0 atom stereocenters. The molecule has 4 rings (SSSR count). The van der Waals surface area contributed by atoms with Crippen LogP contribution >= 0.6 is 0 Å². The second-order valence-corrected chi connectivity index (χ2v) is 8.65. The normalized spacial score (nSPS) is 18.4. The highest BCUT2D eigenvalue weighted by molar-refractivity contribution is 7.96. The molecule has 0 unspecified atom stereocenters. The lowest BCUT2D eigenvalue weighted by molar-refractivity contribution is -0.130. The van der Waals surface area contributed by atoms with Crippen molar-refractivity contribution < 1.29 is 17.9 Å². The fourth-order valence-electron chi connectivity index (χ4n) is 3.46. The van der Waals surface area contributed by atoms with Gasteiger partial charge in [-0.05, 0) is 36.2 Å². The third-order valence-electron chi connectivity index (χ3n) is 5.08. The number of ether oxygens (including phenoxy) is 1. The largest absolute Gasteiger partial charge is 0.378 e. The molecular weight excluding hydrogens is 376 g/mol. The Hall–Kier alpha value is -2.64. The Morgan fingerprint density at radius 3 is 2.39 bits per heavy atom. The minimum Gasteiger partial charge on any atom is -0.378 e. The molecule has 7 heteroatoms. The highest BCUT2D eigenvalue weighted by Crippen LogP contribution is 2.39. The van der Waals surface area contributed by atoms with Gasteiger partial charge in [0, 0.05) is 25.0 Å². The molecule has 1 saturated heterocycles. The first-order valence-electron chi connectivity index (χ1n) is 9.33. The van der Waals surface area contributed by atoms with Crippen LogP contribution in [-0.4, -0.2) is 45.5 Å². The third kappa shape index (κ3) is 3.21. The molecule has 0 aromatic heterocycles. The van der Waals surface area contributed by atoms with E-state index in [2.05, 4.69) is 6.92 Å². The molecule has 0 spiro atoms. The molecule has 0 bridgehead atoms. The lowest BCUT2D eigenvalue weighted by Crippen LogP contribution is -2.43. The van der Waals surface area contributed by atoms with E-state index in [0.717, 1.165) is 12.1 Å². The van der Waals surface area contributed by atoms with Gasteiger partial charge in [-0.2, -0.15) is 0 Å². The zero-order valence-electron chi connectivity index (χ0n) is 15.7. The maximum Gasteiger partial charge on any atom is 0.267 e. The molecule has 2 heterocycles. The Morgan fingerprint density at radius 1 is 1.04 bits per heavy atom. The van der Waals surface area contributed by atoms with Gasteiger partial charge in [0.1, 0.15) is 0 Å². The summed E-state index contributed by atoms with van der Waals surface area (Å²) in [6, 6.07) is 14.7. The van der Waals surface area contributed by atoms with Gasteiger partial charge in [-0.15, -0.1) is 0 Å². The van der Waals surface area contributed by atoms with E-state index in [4.69, 9.17) is 4.74 Å². The van der Waals surface area contributed by atoms with E-state index >= 15 is 0 Å². The van der Waals surface area contributed by atoms with Crippen molar-refractivity contribution in [3.8, 4) is 0 Å². The van der Waals surface area contributed by atoms with Crippen molar-refractivity contribution in [1.29, 1.82) is 0 Å². The van der Waals surface area contributed by atoms with Crippen LogP contribution in [0.2, 0.25) is 0 Å². The first-order chi connectivity index (χ1) is 13.5. The number of hydrogen-bond donors (Lipinski definition) is 0. The van der Waals surface area contributed by atoms with Gasteiger partial charge in [-0.1, -0.05) is 31.2 Å².